The maximum Gasteiger partial charge on any atom is 0.259 e. The number of para-hydroxylation sites is 1. The van der Waals surface area contributed by atoms with Crippen molar-refractivity contribution in [2.45, 2.75) is 70.5 Å². The summed E-state index contributed by atoms with van der Waals surface area (Å²) in [5.74, 6) is -1.73. The number of rotatable bonds is 12. The topological polar surface area (TPSA) is 203 Å². The lowest BCUT2D eigenvalue weighted by Crippen LogP contribution is -2.64. The number of β-amino-alcohol motifs (C(OH)–C–C–N with tert-alkyl or cyclic N) is 1. The number of benzene rings is 3. The van der Waals surface area contributed by atoms with Gasteiger partial charge in [0.2, 0.25) is 11.8 Å². The summed E-state index contributed by atoms with van der Waals surface area (Å²) < 4.78 is 0. The van der Waals surface area contributed by atoms with Crippen LogP contribution in [0.3, 0.4) is 0 Å². The molecular formula is C43H46N8O6S2. The van der Waals surface area contributed by atoms with Gasteiger partial charge in [-0.05, 0) is 60.9 Å². The van der Waals surface area contributed by atoms with Gasteiger partial charge in [0.1, 0.15) is 11.8 Å². The minimum atomic E-state index is -1.72. The van der Waals surface area contributed by atoms with Gasteiger partial charge >= 0.3 is 0 Å². The van der Waals surface area contributed by atoms with Crippen LogP contribution in [0.25, 0.3) is 43.6 Å². The predicted octanol–water partition coefficient (Wildman–Crippen LogP) is 5.49. The first-order chi connectivity index (χ1) is 28.1. The molecule has 7 rings (SSSR count). The molecule has 0 aliphatic carbocycles. The van der Waals surface area contributed by atoms with E-state index in [1.165, 1.54) is 4.90 Å². The van der Waals surface area contributed by atoms with Crippen LogP contribution in [-0.2, 0) is 20.9 Å². The van der Waals surface area contributed by atoms with Gasteiger partial charge in [-0.3, -0.25) is 19.2 Å². The highest BCUT2D eigenvalue weighted by molar-refractivity contribution is 7.82. The largest absolute Gasteiger partial charge is 0.507 e. The number of aromatic nitrogens is 4. The van der Waals surface area contributed by atoms with Gasteiger partial charge < -0.3 is 36.0 Å². The molecule has 3 aromatic heterocycles. The predicted molar refractivity (Wildman–Crippen MR) is 230 cm³/mol. The molecule has 0 spiro atoms. The number of hydrogen-bond acceptors (Lipinski definition) is 11. The zero-order valence-corrected chi connectivity index (χ0v) is 34.8. The number of aliphatic hydroxyl groups is 1. The number of phenols is 1. The number of nitrogens with zero attached hydrogens (tertiary/aromatic N) is 4. The van der Waals surface area contributed by atoms with Gasteiger partial charge in [0.05, 0.1) is 27.9 Å². The summed E-state index contributed by atoms with van der Waals surface area (Å²) in [6.45, 7) is 7.57. The molecule has 1 aliphatic heterocycles. The van der Waals surface area contributed by atoms with E-state index in [1.54, 1.807) is 80.1 Å². The Morgan fingerprint density at radius 2 is 1.75 bits per heavy atom. The number of thiol groups is 1. The molecule has 6 N–H and O–H groups in total. The second-order valence-corrected chi connectivity index (χ2v) is 17.3. The van der Waals surface area contributed by atoms with Crippen molar-refractivity contribution in [2.75, 3.05) is 13.1 Å². The van der Waals surface area contributed by atoms with Crippen LogP contribution in [0.2, 0.25) is 0 Å². The smallest absolute Gasteiger partial charge is 0.259 e. The first-order valence-electron chi connectivity index (χ1n) is 19.3. The van der Waals surface area contributed by atoms with Gasteiger partial charge in [-0.2, -0.15) is 0 Å². The highest BCUT2D eigenvalue weighted by atomic mass is 32.1. The molecule has 59 heavy (non-hydrogen) atoms. The third kappa shape index (κ3) is 8.65. The number of H-pyrrole nitrogens is 1. The van der Waals surface area contributed by atoms with Crippen molar-refractivity contribution in [2.24, 2.45) is 5.41 Å². The van der Waals surface area contributed by atoms with E-state index in [9.17, 15) is 29.4 Å². The molecule has 0 unspecified atom stereocenters. The highest BCUT2D eigenvalue weighted by Crippen LogP contribution is 2.38. The number of phenolic OH excluding ortho intramolecular Hbond substituents is 1. The van der Waals surface area contributed by atoms with E-state index in [0.29, 0.717) is 22.5 Å². The Hall–Kier alpha value is -5.84. The van der Waals surface area contributed by atoms with Crippen LogP contribution >= 0.6 is 24.0 Å². The maximum absolute atomic E-state index is 14.3. The first-order valence-corrected chi connectivity index (χ1v) is 20.6. The summed E-state index contributed by atoms with van der Waals surface area (Å²) in [4.78, 5) is 62.6. The summed E-state index contributed by atoms with van der Waals surface area (Å²) in [6, 6.07) is 20.7. The fourth-order valence-electron chi connectivity index (χ4n) is 7.19. The zero-order chi connectivity index (χ0) is 42.1. The van der Waals surface area contributed by atoms with E-state index < -0.39 is 40.2 Å². The van der Waals surface area contributed by atoms with Crippen LogP contribution in [0, 0.1) is 12.3 Å². The molecule has 6 aromatic rings. The van der Waals surface area contributed by atoms with Crippen LogP contribution in [0.5, 0.6) is 5.75 Å². The Labute approximate surface area is 350 Å². The number of nitrogens with one attached hydrogen (secondary N) is 4. The van der Waals surface area contributed by atoms with Crippen molar-refractivity contribution in [3.63, 3.8) is 0 Å². The SMILES string of the molecule is Cc1ncsc1-c1ccc(CNC(=O)[C@@H]2C[C@@H](O)CN2C(=O)[C@](S)(NC(=O)CCCNC(=O)c2ccc3[nH]c4nnc(-c5ccccc5O)cc4c3c2)C(C)(C)C)cc1. The number of aromatic amines is 1. The maximum atomic E-state index is 14.3. The van der Waals surface area contributed by atoms with Crippen molar-refractivity contribution < 1.29 is 29.4 Å². The molecule has 16 heteroatoms. The molecule has 4 amide bonds. The Kier molecular flexibility index (Phi) is 11.8. The fourth-order valence-corrected chi connectivity index (χ4v) is 8.25. The average Bonchev–Trinajstić information content (AvgIpc) is 3.93. The summed E-state index contributed by atoms with van der Waals surface area (Å²) in [5.41, 5.74) is 6.49. The van der Waals surface area contributed by atoms with Gasteiger partial charge in [-0.25, -0.2) is 4.98 Å². The lowest BCUT2D eigenvalue weighted by Gasteiger charge is -2.43. The zero-order valence-electron chi connectivity index (χ0n) is 33.1. The summed E-state index contributed by atoms with van der Waals surface area (Å²) in [5, 5.41) is 39.6. The quantitative estimate of drug-likeness (QED) is 0.0473. The van der Waals surface area contributed by atoms with Gasteiger partial charge in [-0.15, -0.1) is 34.2 Å². The van der Waals surface area contributed by atoms with Gasteiger partial charge in [0, 0.05) is 65.3 Å². The van der Waals surface area contributed by atoms with Crippen molar-refractivity contribution in [1.29, 1.82) is 0 Å². The third-order valence-corrected chi connectivity index (χ3v) is 12.6. The van der Waals surface area contributed by atoms with E-state index in [0.717, 1.165) is 38.0 Å². The average molecular weight is 835 g/mol. The number of carbonyl (C=O) groups excluding carboxylic acids is 4. The number of carbonyl (C=O) groups is 4. The molecule has 3 aromatic carbocycles. The summed E-state index contributed by atoms with van der Waals surface area (Å²) in [6.07, 6.45) is -0.633. The Bertz CT molecular complexity index is 2550. The molecule has 4 heterocycles. The monoisotopic (exact) mass is 834 g/mol. The van der Waals surface area contributed by atoms with E-state index in [1.807, 2.05) is 37.3 Å². The number of hydrogen-bond donors (Lipinski definition) is 7. The molecule has 0 saturated carbocycles. The summed E-state index contributed by atoms with van der Waals surface area (Å²) >= 11 is 6.33. The number of likely N-dealkylation sites (tertiary alicyclic amines) is 1. The first kappa shape index (κ1) is 41.3. The molecule has 14 nitrogen and oxygen atoms in total. The number of thiazole rings is 1. The van der Waals surface area contributed by atoms with E-state index in [4.69, 9.17) is 12.6 Å². The van der Waals surface area contributed by atoms with Crippen LogP contribution in [0.1, 0.15) is 61.6 Å². The normalized spacial score (nSPS) is 16.5. The number of fused-ring (bicyclic) bond motifs is 3. The number of amides is 4. The molecule has 1 fully saturated rings. The third-order valence-electron chi connectivity index (χ3n) is 10.7. The van der Waals surface area contributed by atoms with Gasteiger partial charge in [0.25, 0.3) is 11.8 Å². The molecule has 306 valence electrons. The minimum Gasteiger partial charge on any atom is -0.507 e. The molecule has 0 radical (unpaired) electrons. The molecule has 1 aliphatic rings. The molecule has 0 bridgehead atoms. The van der Waals surface area contributed by atoms with Gasteiger partial charge in [0.15, 0.2) is 10.5 Å². The van der Waals surface area contributed by atoms with Crippen molar-refractivity contribution in [3.05, 3.63) is 95.1 Å². The second-order valence-electron chi connectivity index (χ2n) is 15.8. The fraction of sp³-hybridized carbons (Fsp3) is 0.326. The van der Waals surface area contributed by atoms with E-state index >= 15 is 0 Å². The lowest BCUT2D eigenvalue weighted by atomic mass is 9.84. The second kappa shape index (κ2) is 16.8. The number of aromatic hydroxyl groups is 1. The van der Waals surface area contributed by atoms with Crippen LogP contribution in [0.15, 0.2) is 78.3 Å². The van der Waals surface area contributed by atoms with Crippen molar-refractivity contribution in [1.82, 2.24) is 41.0 Å². The highest BCUT2D eigenvalue weighted by Gasteiger charge is 2.52. The molecule has 3 atom stereocenters. The Balaban J connectivity index is 0.948. The standard InChI is InChI=1S/C43H46N8O6S2/c1-24-37(59-23-46-24)26-13-11-25(12-14-26)21-45-40(56)34-19-28(52)22-51(34)41(57)43(58,42(2,3)4)48-36(54)10-7-17-44-39(55)27-15-16-32-30(18-27)31-20-33(49-50-38(31)47-32)29-8-5-6-9-35(29)53/h5-6,8-9,11-16,18,20,23,28,34,52-53,58H,7,10,17,19,21-22H2,1-4H3,(H,44,55)(H,45,56)(H,47,50)(H,48,54)/t28-,34+,43-/m1/s1. The number of aryl methyl sites for hydroxylation is 1. The van der Waals surface area contributed by atoms with Crippen LogP contribution < -0.4 is 16.0 Å². The van der Waals surface area contributed by atoms with Crippen molar-refractivity contribution >= 4 is 69.5 Å². The Morgan fingerprint density at radius 1 is 0.983 bits per heavy atom. The number of aliphatic hydroxyl groups excluding tert-OH is 1. The minimum absolute atomic E-state index is 0.0187. The van der Waals surface area contributed by atoms with E-state index in [-0.39, 0.29) is 50.6 Å². The van der Waals surface area contributed by atoms with Gasteiger partial charge in [-0.1, -0.05) is 57.2 Å². The molecular weight excluding hydrogens is 789 g/mol. The lowest BCUT2D eigenvalue weighted by molar-refractivity contribution is -0.145. The summed E-state index contributed by atoms with van der Waals surface area (Å²) in [7, 11) is 0. The van der Waals surface area contributed by atoms with Crippen LogP contribution in [-0.4, -0.2) is 89.0 Å². The molecule has 1 saturated heterocycles. The Morgan fingerprint density at radius 3 is 2.46 bits per heavy atom. The van der Waals surface area contributed by atoms with Crippen molar-refractivity contribution in [3.8, 4) is 27.4 Å². The van der Waals surface area contributed by atoms with Crippen LogP contribution in [0.4, 0.5) is 0 Å². The van der Waals surface area contributed by atoms with E-state index in [2.05, 4.69) is 36.1 Å².